The topological polar surface area (TPSA) is 61.9 Å². The number of benzene rings is 1. The average molecular weight is 456 g/mol. The van der Waals surface area contributed by atoms with Gasteiger partial charge in [0.15, 0.2) is 0 Å². The highest BCUT2D eigenvalue weighted by atomic mass is 16.5. The highest BCUT2D eigenvalue weighted by Gasteiger charge is 2.55. The molecule has 1 N–H and O–H groups in total. The minimum atomic E-state index is -0.741. The predicted molar refractivity (Wildman–Crippen MR) is 130 cm³/mol. The van der Waals surface area contributed by atoms with Crippen molar-refractivity contribution >= 4 is 11.9 Å². The summed E-state index contributed by atoms with van der Waals surface area (Å²) in [4.78, 5) is 30.3. The van der Waals surface area contributed by atoms with Crippen LogP contribution in [0.25, 0.3) is 0 Å². The number of carbonyl (C=O) groups is 2. The van der Waals surface area contributed by atoms with Gasteiger partial charge in [0.1, 0.15) is 5.54 Å². The summed E-state index contributed by atoms with van der Waals surface area (Å²) in [5, 5.41) is 3.16. The SMILES string of the molecule is CCC[C@]1(C2CCN(Cc3ccc(CC(C)C)cc3)CC2)NC(=O)N(C[C@@H]2CCCO2)C1=O. The van der Waals surface area contributed by atoms with Gasteiger partial charge in [-0.05, 0) is 74.6 Å². The Morgan fingerprint density at radius 1 is 1.09 bits per heavy atom. The van der Waals surface area contributed by atoms with Crippen molar-refractivity contribution in [3.05, 3.63) is 35.4 Å². The molecule has 1 aromatic rings. The van der Waals surface area contributed by atoms with E-state index < -0.39 is 5.54 Å². The molecule has 3 amide bonds. The fourth-order valence-electron chi connectivity index (χ4n) is 5.94. The molecule has 3 heterocycles. The second-order valence-corrected chi connectivity index (χ2v) is 10.7. The van der Waals surface area contributed by atoms with Crippen LogP contribution in [0.1, 0.15) is 70.4 Å². The van der Waals surface area contributed by atoms with Crippen LogP contribution >= 0.6 is 0 Å². The Bertz CT molecular complexity index is 810. The lowest BCUT2D eigenvalue weighted by atomic mass is 9.74. The predicted octanol–water partition coefficient (Wildman–Crippen LogP) is 4.37. The maximum absolute atomic E-state index is 13.6. The maximum Gasteiger partial charge on any atom is 0.325 e. The van der Waals surface area contributed by atoms with Crippen LogP contribution in [0.4, 0.5) is 4.79 Å². The molecule has 1 aromatic carbocycles. The molecule has 182 valence electrons. The number of carbonyl (C=O) groups excluding carboxylic acids is 2. The molecular formula is C27H41N3O3. The molecule has 3 aliphatic heterocycles. The number of rotatable bonds is 9. The van der Waals surface area contributed by atoms with E-state index in [9.17, 15) is 9.59 Å². The lowest BCUT2D eigenvalue weighted by molar-refractivity contribution is -0.135. The molecule has 3 saturated heterocycles. The van der Waals surface area contributed by atoms with Gasteiger partial charge in [0.05, 0.1) is 12.6 Å². The molecule has 0 aromatic heterocycles. The Kier molecular flexibility index (Phi) is 7.75. The summed E-state index contributed by atoms with van der Waals surface area (Å²) in [6, 6.07) is 8.80. The molecule has 0 bridgehead atoms. The first-order valence-electron chi connectivity index (χ1n) is 13.0. The number of nitrogens with one attached hydrogen (secondary N) is 1. The van der Waals surface area contributed by atoms with Crippen molar-refractivity contribution in [2.45, 2.75) is 83.9 Å². The number of piperidine rings is 1. The van der Waals surface area contributed by atoms with E-state index in [0.29, 0.717) is 18.9 Å². The van der Waals surface area contributed by atoms with Crippen LogP contribution in [-0.4, -0.2) is 59.6 Å². The molecule has 6 nitrogen and oxygen atoms in total. The first-order valence-corrected chi connectivity index (χ1v) is 13.0. The fourth-order valence-corrected chi connectivity index (χ4v) is 5.94. The van der Waals surface area contributed by atoms with E-state index in [1.54, 1.807) is 0 Å². The zero-order chi connectivity index (χ0) is 23.4. The van der Waals surface area contributed by atoms with Gasteiger partial charge in [-0.1, -0.05) is 51.5 Å². The fraction of sp³-hybridized carbons (Fsp3) is 0.704. The second kappa shape index (κ2) is 10.6. The third-order valence-corrected chi connectivity index (χ3v) is 7.61. The summed E-state index contributed by atoms with van der Waals surface area (Å²) in [7, 11) is 0. The minimum Gasteiger partial charge on any atom is -0.376 e. The largest absolute Gasteiger partial charge is 0.376 e. The van der Waals surface area contributed by atoms with Crippen LogP contribution in [0.2, 0.25) is 0 Å². The van der Waals surface area contributed by atoms with Crippen molar-refractivity contribution in [2.24, 2.45) is 11.8 Å². The lowest BCUT2D eigenvalue weighted by Crippen LogP contribution is -2.56. The van der Waals surface area contributed by atoms with Gasteiger partial charge in [-0.3, -0.25) is 14.6 Å². The minimum absolute atomic E-state index is 0.00843. The van der Waals surface area contributed by atoms with Gasteiger partial charge >= 0.3 is 6.03 Å². The van der Waals surface area contributed by atoms with Gasteiger partial charge in [0.25, 0.3) is 5.91 Å². The van der Waals surface area contributed by atoms with Crippen molar-refractivity contribution < 1.29 is 14.3 Å². The van der Waals surface area contributed by atoms with E-state index >= 15 is 0 Å². The number of hydrogen-bond donors (Lipinski definition) is 1. The maximum atomic E-state index is 13.6. The normalized spacial score (nSPS) is 27.0. The summed E-state index contributed by atoms with van der Waals surface area (Å²) >= 11 is 0. The zero-order valence-corrected chi connectivity index (χ0v) is 20.6. The Hall–Kier alpha value is -1.92. The zero-order valence-electron chi connectivity index (χ0n) is 20.6. The Labute approximate surface area is 199 Å². The molecule has 0 saturated carbocycles. The number of ether oxygens (including phenoxy) is 1. The molecule has 4 rings (SSSR count). The van der Waals surface area contributed by atoms with E-state index in [-0.39, 0.29) is 24.0 Å². The first kappa shape index (κ1) is 24.2. The monoisotopic (exact) mass is 455 g/mol. The highest BCUT2D eigenvalue weighted by molar-refractivity contribution is 6.07. The van der Waals surface area contributed by atoms with Crippen molar-refractivity contribution in [3.63, 3.8) is 0 Å². The number of urea groups is 1. The number of likely N-dealkylation sites (tertiary alicyclic amines) is 1. The molecule has 0 radical (unpaired) electrons. The molecule has 0 spiro atoms. The second-order valence-electron chi connectivity index (χ2n) is 10.7. The van der Waals surface area contributed by atoms with Gasteiger partial charge in [-0.2, -0.15) is 0 Å². The lowest BCUT2D eigenvalue weighted by Gasteiger charge is -2.41. The van der Waals surface area contributed by atoms with Crippen molar-refractivity contribution in [1.82, 2.24) is 15.1 Å². The number of hydrogen-bond acceptors (Lipinski definition) is 4. The van der Waals surface area contributed by atoms with Crippen LogP contribution in [-0.2, 0) is 22.5 Å². The van der Waals surface area contributed by atoms with Crippen LogP contribution in [0, 0.1) is 11.8 Å². The van der Waals surface area contributed by atoms with Crippen molar-refractivity contribution in [1.29, 1.82) is 0 Å². The molecule has 2 atom stereocenters. The molecule has 3 fully saturated rings. The van der Waals surface area contributed by atoms with Crippen LogP contribution in [0.15, 0.2) is 24.3 Å². The molecular weight excluding hydrogens is 414 g/mol. The third kappa shape index (κ3) is 5.43. The molecule has 0 aliphatic carbocycles. The van der Waals surface area contributed by atoms with E-state index in [4.69, 9.17) is 4.74 Å². The van der Waals surface area contributed by atoms with Gasteiger partial charge in [0, 0.05) is 13.2 Å². The third-order valence-electron chi connectivity index (χ3n) is 7.61. The molecule has 33 heavy (non-hydrogen) atoms. The van der Waals surface area contributed by atoms with Gasteiger partial charge in [-0.15, -0.1) is 0 Å². The first-order chi connectivity index (χ1) is 15.9. The standard InChI is InChI=1S/C27H41N3O3/c1-4-13-27(25(31)30(26(32)28-27)19-24-6-5-16-33-24)23-11-14-29(15-12-23)18-22-9-7-21(8-10-22)17-20(2)3/h7-10,20,23-24H,4-6,11-19H2,1-3H3,(H,28,32)/t24-,27+/m0/s1. The smallest absolute Gasteiger partial charge is 0.325 e. The number of nitrogens with zero attached hydrogens (tertiary/aromatic N) is 2. The Balaban J connectivity index is 1.36. The van der Waals surface area contributed by atoms with Gasteiger partial charge < -0.3 is 10.1 Å². The van der Waals surface area contributed by atoms with E-state index in [1.165, 1.54) is 16.0 Å². The van der Waals surface area contributed by atoms with Gasteiger partial charge in [-0.25, -0.2) is 4.79 Å². The molecule has 6 heteroatoms. The van der Waals surface area contributed by atoms with Crippen LogP contribution in [0.5, 0.6) is 0 Å². The summed E-state index contributed by atoms with van der Waals surface area (Å²) < 4.78 is 5.70. The Morgan fingerprint density at radius 3 is 2.39 bits per heavy atom. The summed E-state index contributed by atoms with van der Waals surface area (Å²) in [6.07, 6.45) is 6.50. The highest BCUT2D eigenvalue weighted by Crippen LogP contribution is 2.37. The van der Waals surface area contributed by atoms with Gasteiger partial charge in [0.2, 0.25) is 0 Å². The molecule has 0 unspecified atom stereocenters. The van der Waals surface area contributed by atoms with E-state index in [0.717, 1.165) is 64.8 Å². The number of amides is 3. The van der Waals surface area contributed by atoms with Crippen molar-refractivity contribution in [2.75, 3.05) is 26.2 Å². The molecule has 3 aliphatic rings. The summed E-state index contributed by atoms with van der Waals surface area (Å²) in [5.41, 5.74) is 2.00. The van der Waals surface area contributed by atoms with Crippen molar-refractivity contribution in [3.8, 4) is 0 Å². The van der Waals surface area contributed by atoms with Crippen LogP contribution in [0.3, 0.4) is 0 Å². The summed E-state index contributed by atoms with van der Waals surface area (Å²) in [5.74, 6) is 0.836. The van der Waals surface area contributed by atoms with E-state index in [2.05, 4.69) is 55.3 Å². The van der Waals surface area contributed by atoms with Crippen LogP contribution < -0.4 is 5.32 Å². The average Bonchev–Trinajstić information content (AvgIpc) is 3.39. The Morgan fingerprint density at radius 2 is 1.79 bits per heavy atom. The summed E-state index contributed by atoms with van der Waals surface area (Å²) in [6.45, 7) is 10.6. The quantitative estimate of drug-likeness (QED) is 0.562. The number of imide groups is 1. The van der Waals surface area contributed by atoms with E-state index in [1.807, 2.05) is 0 Å².